The van der Waals surface area contributed by atoms with Crippen molar-refractivity contribution in [2.75, 3.05) is 11.9 Å². The lowest BCUT2D eigenvalue weighted by atomic mass is 10.1. The van der Waals surface area contributed by atoms with Gasteiger partial charge in [-0.2, -0.15) is 0 Å². The summed E-state index contributed by atoms with van der Waals surface area (Å²) in [5, 5.41) is 24.4. The lowest BCUT2D eigenvalue weighted by molar-refractivity contribution is -0.384. The summed E-state index contributed by atoms with van der Waals surface area (Å²) in [6, 6.07) is 2.66. The zero-order valence-electron chi connectivity index (χ0n) is 10.2. The van der Waals surface area contributed by atoms with Gasteiger partial charge in [-0.3, -0.25) is 10.1 Å². The van der Waals surface area contributed by atoms with Gasteiger partial charge in [0.2, 0.25) is 0 Å². The normalized spacial score (nSPS) is 9.74. The molecule has 1 aromatic rings. The minimum absolute atomic E-state index is 0.00621. The Morgan fingerprint density at radius 3 is 2.63 bits per heavy atom. The fourth-order valence-electron chi connectivity index (χ4n) is 1.34. The monoisotopic (exact) mass is 267 g/mol. The van der Waals surface area contributed by atoms with Crippen LogP contribution in [0, 0.1) is 10.1 Å². The van der Waals surface area contributed by atoms with Crippen molar-refractivity contribution >= 4 is 23.4 Å². The molecule has 2 amide bonds. The van der Waals surface area contributed by atoms with E-state index in [0.717, 1.165) is 18.6 Å². The number of nitro groups is 1. The van der Waals surface area contributed by atoms with Crippen molar-refractivity contribution in [2.24, 2.45) is 0 Å². The molecule has 1 aromatic carbocycles. The van der Waals surface area contributed by atoms with Crippen molar-refractivity contribution in [3.8, 4) is 0 Å². The molecule has 0 spiro atoms. The number of carboxylic acid groups (broad SMARTS) is 1. The smallest absolute Gasteiger partial charge is 0.338 e. The number of anilines is 1. The molecule has 8 nitrogen and oxygen atoms in total. The van der Waals surface area contributed by atoms with Gasteiger partial charge in [-0.15, -0.1) is 0 Å². The number of amides is 2. The average Bonchev–Trinajstić information content (AvgIpc) is 2.36. The highest BCUT2D eigenvalue weighted by Crippen LogP contribution is 2.22. The Morgan fingerprint density at radius 2 is 2.11 bits per heavy atom. The van der Waals surface area contributed by atoms with Crippen LogP contribution >= 0.6 is 0 Å². The number of nitrogens with zero attached hydrogens (tertiary/aromatic N) is 1. The van der Waals surface area contributed by atoms with Gasteiger partial charge in [0, 0.05) is 18.7 Å². The highest BCUT2D eigenvalue weighted by atomic mass is 16.6. The molecule has 0 radical (unpaired) electrons. The number of nitro benzene ring substituents is 1. The summed E-state index contributed by atoms with van der Waals surface area (Å²) in [6.45, 7) is 2.32. The Balaban J connectivity index is 2.97. The predicted octanol–water partition coefficient (Wildman–Crippen LogP) is 1.82. The van der Waals surface area contributed by atoms with Crippen LogP contribution in [0.4, 0.5) is 16.2 Å². The number of non-ortho nitro benzene ring substituents is 1. The molecule has 19 heavy (non-hydrogen) atoms. The standard InChI is InChI=1S/C11H13N3O5/c1-2-5-12-11(17)13-9-4-3-7(14(18)19)6-8(9)10(15)16/h3-4,6H,2,5H2,1H3,(H,15,16)(H2,12,13,17). The minimum atomic E-state index is -1.35. The fraction of sp³-hybridized carbons (Fsp3) is 0.273. The summed E-state index contributed by atoms with van der Waals surface area (Å²) in [6.07, 6.45) is 0.736. The van der Waals surface area contributed by atoms with Crippen LogP contribution in [0.15, 0.2) is 18.2 Å². The molecule has 0 aliphatic heterocycles. The minimum Gasteiger partial charge on any atom is -0.478 e. The molecule has 102 valence electrons. The van der Waals surface area contributed by atoms with E-state index in [1.807, 2.05) is 6.92 Å². The molecule has 0 aliphatic carbocycles. The molecule has 0 saturated heterocycles. The summed E-state index contributed by atoms with van der Waals surface area (Å²) in [5.41, 5.74) is -0.676. The quantitative estimate of drug-likeness (QED) is 0.555. The summed E-state index contributed by atoms with van der Waals surface area (Å²) in [5.74, 6) is -1.35. The SMILES string of the molecule is CCCNC(=O)Nc1ccc([N+](=O)[O-])cc1C(=O)O. The third kappa shape index (κ3) is 3.95. The molecule has 0 unspecified atom stereocenters. The van der Waals surface area contributed by atoms with Crippen LogP contribution in [0.25, 0.3) is 0 Å². The molecule has 0 saturated carbocycles. The Kier molecular flexibility index (Phi) is 4.81. The number of benzene rings is 1. The van der Waals surface area contributed by atoms with E-state index < -0.39 is 16.9 Å². The molecule has 0 fully saturated rings. The maximum absolute atomic E-state index is 11.4. The molecule has 0 heterocycles. The first kappa shape index (κ1) is 14.4. The Labute approximate surface area is 108 Å². The van der Waals surface area contributed by atoms with Crippen LogP contribution in [0.2, 0.25) is 0 Å². The highest BCUT2D eigenvalue weighted by Gasteiger charge is 2.17. The number of aromatic carboxylic acids is 1. The van der Waals surface area contributed by atoms with E-state index in [1.54, 1.807) is 0 Å². The van der Waals surface area contributed by atoms with E-state index in [9.17, 15) is 19.7 Å². The third-order valence-electron chi connectivity index (χ3n) is 2.23. The summed E-state index contributed by atoms with van der Waals surface area (Å²) >= 11 is 0. The average molecular weight is 267 g/mol. The lowest BCUT2D eigenvalue weighted by Gasteiger charge is -2.09. The van der Waals surface area contributed by atoms with Crippen LogP contribution in [-0.2, 0) is 0 Å². The maximum atomic E-state index is 11.4. The van der Waals surface area contributed by atoms with E-state index in [1.165, 1.54) is 6.07 Å². The zero-order chi connectivity index (χ0) is 14.4. The summed E-state index contributed by atoms with van der Waals surface area (Å²) in [7, 11) is 0. The lowest BCUT2D eigenvalue weighted by Crippen LogP contribution is -2.29. The number of rotatable bonds is 5. The highest BCUT2D eigenvalue weighted by molar-refractivity contribution is 6.00. The van der Waals surface area contributed by atoms with Crippen LogP contribution in [-0.4, -0.2) is 28.6 Å². The van der Waals surface area contributed by atoms with Crippen LogP contribution in [0.1, 0.15) is 23.7 Å². The van der Waals surface area contributed by atoms with Crippen molar-refractivity contribution < 1.29 is 19.6 Å². The number of urea groups is 1. The Bertz CT molecular complexity index is 515. The van der Waals surface area contributed by atoms with Gasteiger partial charge < -0.3 is 15.7 Å². The molecule has 0 aliphatic rings. The number of nitrogens with one attached hydrogen (secondary N) is 2. The van der Waals surface area contributed by atoms with Gasteiger partial charge in [-0.05, 0) is 12.5 Å². The van der Waals surface area contributed by atoms with Gasteiger partial charge in [0.05, 0.1) is 16.2 Å². The van der Waals surface area contributed by atoms with Crippen LogP contribution in [0.3, 0.4) is 0 Å². The first-order chi connectivity index (χ1) is 8.95. The first-order valence-electron chi connectivity index (χ1n) is 5.52. The van der Waals surface area contributed by atoms with E-state index in [0.29, 0.717) is 6.54 Å². The van der Waals surface area contributed by atoms with Gasteiger partial charge in [0.1, 0.15) is 0 Å². The number of carboxylic acids is 1. The number of carbonyl (C=O) groups is 2. The van der Waals surface area contributed by atoms with E-state index in [2.05, 4.69) is 10.6 Å². The largest absolute Gasteiger partial charge is 0.478 e. The molecule has 0 aromatic heterocycles. The van der Waals surface area contributed by atoms with Crippen LogP contribution in [0.5, 0.6) is 0 Å². The second-order valence-electron chi connectivity index (χ2n) is 3.67. The molecular weight excluding hydrogens is 254 g/mol. The predicted molar refractivity (Wildman–Crippen MR) is 67.4 cm³/mol. The van der Waals surface area contributed by atoms with Crippen molar-refractivity contribution in [1.29, 1.82) is 0 Å². The zero-order valence-corrected chi connectivity index (χ0v) is 10.2. The molecule has 1 rings (SSSR count). The fourth-order valence-corrected chi connectivity index (χ4v) is 1.34. The second kappa shape index (κ2) is 6.34. The van der Waals surface area contributed by atoms with Crippen molar-refractivity contribution in [3.63, 3.8) is 0 Å². The van der Waals surface area contributed by atoms with Gasteiger partial charge in [0.15, 0.2) is 0 Å². The maximum Gasteiger partial charge on any atom is 0.338 e. The number of carbonyl (C=O) groups excluding carboxylic acids is 1. The van der Waals surface area contributed by atoms with Gasteiger partial charge in [-0.1, -0.05) is 6.92 Å². The van der Waals surface area contributed by atoms with Crippen molar-refractivity contribution in [3.05, 3.63) is 33.9 Å². The summed E-state index contributed by atoms with van der Waals surface area (Å²) in [4.78, 5) is 32.3. The van der Waals surface area contributed by atoms with E-state index >= 15 is 0 Å². The first-order valence-corrected chi connectivity index (χ1v) is 5.52. The molecule has 0 bridgehead atoms. The van der Waals surface area contributed by atoms with Crippen LogP contribution < -0.4 is 10.6 Å². The number of hydrogen-bond acceptors (Lipinski definition) is 4. The third-order valence-corrected chi connectivity index (χ3v) is 2.23. The second-order valence-corrected chi connectivity index (χ2v) is 3.67. The number of hydrogen-bond donors (Lipinski definition) is 3. The molecule has 3 N–H and O–H groups in total. The van der Waals surface area contributed by atoms with E-state index in [-0.39, 0.29) is 16.9 Å². The van der Waals surface area contributed by atoms with Gasteiger partial charge >= 0.3 is 12.0 Å². The summed E-state index contributed by atoms with van der Waals surface area (Å²) < 4.78 is 0. The van der Waals surface area contributed by atoms with E-state index in [4.69, 9.17) is 5.11 Å². The van der Waals surface area contributed by atoms with Crippen molar-refractivity contribution in [1.82, 2.24) is 5.32 Å². The van der Waals surface area contributed by atoms with Crippen molar-refractivity contribution in [2.45, 2.75) is 13.3 Å². The Hall–Kier alpha value is -2.64. The van der Waals surface area contributed by atoms with Gasteiger partial charge in [0.25, 0.3) is 5.69 Å². The Morgan fingerprint density at radius 1 is 1.42 bits per heavy atom. The van der Waals surface area contributed by atoms with Gasteiger partial charge in [-0.25, -0.2) is 9.59 Å². The molecule has 8 heteroatoms. The molecule has 0 atom stereocenters. The molecular formula is C11H13N3O5. The topological polar surface area (TPSA) is 122 Å².